The zero-order valence-corrected chi connectivity index (χ0v) is 14.3. The predicted molar refractivity (Wildman–Crippen MR) is 92.8 cm³/mol. The molecule has 1 aromatic carbocycles. The molecule has 1 fully saturated rings. The summed E-state index contributed by atoms with van der Waals surface area (Å²) in [6.07, 6.45) is 2.02. The smallest absolute Gasteiger partial charge is 0.251 e. The number of nitrogens with zero attached hydrogens (tertiary/aromatic N) is 1. The lowest BCUT2D eigenvalue weighted by atomic mass is 9.97. The molecule has 0 aliphatic carbocycles. The second-order valence-electron chi connectivity index (χ2n) is 6.09. The van der Waals surface area contributed by atoms with Gasteiger partial charge in [-0.2, -0.15) is 0 Å². The minimum absolute atomic E-state index is 0.0553. The van der Waals surface area contributed by atoms with Crippen LogP contribution in [0.3, 0.4) is 0 Å². The number of amides is 2. The summed E-state index contributed by atoms with van der Waals surface area (Å²) in [6.45, 7) is 3.73. The number of piperidine rings is 1. The molecule has 1 unspecified atom stereocenters. The van der Waals surface area contributed by atoms with Crippen molar-refractivity contribution in [2.75, 3.05) is 46.4 Å². The fraction of sp³-hybridized carbons (Fsp3) is 0.556. The van der Waals surface area contributed by atoms with Crippen molar-refractivity contribution in [1.29, 1.82) is 0 Å². The van der Waals surface area contributed by atoms with Crippen molar-refractivity contribution in [2.24, 2.45) is 5.92 Å². The molecule has 24 heavy (non-hydrogen) atoms. The van der Waals surface area contributed by atoms with Crippen LogP contribution in [0, 0.1) is 5.92 Å². The lowest BCUT2D eigenvalue weighted by molar-refractivity contribution is -0.132. The highest BCUT2D eigenvalue weighted by Crippen LogP contribution is 2.16. The number of carbonyl (C=O) groups excluding carboxylic acids is 2. The molecule has 0 aromatic heterocycles. The molecule has 1 aliphatic heterocycles. The minimum Gasteiger partial charge on any atom is -0.383 e. The van der Waals surface area contributed by atoms with Gasteiger partial charge in [0.05, 0.1) is 13.2 Å². The second-order valence-corrected chi connectivity index (χ2v) is 6.09. The van der Waals surface area contributed by atoms with E-state index < -0.39 is 0 Å². The highest BCUT2D eigenvalue weighted by molar-refractivity contribution is 5.94. The van der Waals surface area contributed by atoms with E-state index in [1.54, 1.807) is 19.2 Å². The highest BCUT2D eigenvalue weighted by atomic mass is 16.5. The molecular weight excluding hydrogens is 306 g/mol. The summed E-state index contributed by atoms with van der Waals surface area (Å²) in [7, 11) is 1.64. The van der Waals surface area contributed by atoms with Gasteiger partial charge in [0, 0.05) is 38.9 Å². The summed E-state index contributed by atoms with van der Waals surface area (Å²) in [5.41, 5.74) is 0.670. The van der Waals surface area contributed by atoms with Gasteiger partial charge < -0.3 is 20.3 Å². The lowest BCUT2D eigenvalue weighted by Gasteiger charge is -2.33. The molecule has 132 valence electrons. The SMILES string of the molecule is COCCNCC(=O)N1CCCC(CNC(=O)c2ccccc2)C1. The Balaban J connectivity index is 1.72. The van der Waals surface area contributed by atoms with Crippen molar-refractivity contribution in [3.8, 4) is 0 Å². The number of likely N-dealkylation sites (tertiary alicyclic amines) is 1. The third-order valence-electron chi connectivity index (χ3n) is 4.22. The summed E-state index contributed by atoms with van der Waals surface area (Å²) >= 11 is 0. The van der Waals surface area contributed by atoms with Gasteiger partial charge in [-0.15, -0.1) is 0 Å². The van der Waals surface area contributed by atoms with Gasteiger partial charge >= 0.3 is 0 Å². The molecule has 1 heterocycles. The first-order valence-electron chi connectivity index (χ1n) is 8.51. The fourth-order valence-electron chi connectivity index (χ4n) is 2.87. The molecule has 6 nitrogen and oxygen atoms in total. The van der Waals surface area contributed by atoms with Crippen LogP contribution in [0.1, 0.15) is 23.2 Å². The van der Waals surface area contributed by atoms with E-state index in [-0.39, 0.29) is 11.8 Å². The fourth-order valence-corrected chi connectivity index (χ4v) is 2.87. The molecule has 1 aliphatic rings. The summed E-state index contributed by atoms with van der Waals surface area (Å²) in [5, 5.41) is 6.06. The Bertz CT molecular complexity index is 522. The molecule has 1 atom stereocenters. The number of nitrogens with one attached hydrogen (secondary N) is 2. The standard InChI is InChI=1S/C18H27N3O3/c1-24-11-9-19-13-17(22)21-10-5-6-15(14-21)12-20-18(23)16-7-3-2-4-8-16/h2-4,7-8,15,19H,5-6,9-14H2,1H3,(H,20,23). The molecular formula is C18H27N3O3. The number of hydrogen-bond acceptors (Lipinski definition) is 4. The molecule has 1 saturated heterocycles. The van der Waals surface area contributed by atoms with Crippen LogP contribution in [0.4, 0.5) is 0 Å². The molecule has 0 radical (unpaired) electrons. The Morgan fingerprint density at radius 1 is 1.29 bits per heavy atom. The van der Waals surface area contributed by atoms with E-state index in [1.807, 2.05) is 23.1 Å². The molecule has 1 aromatic rings. The van der Waals surface area contributed by atoms with E-state index in [0.717, 1.165) is 19.4 Å². The average Bonchev–Trinajstić information content (AvgIpc) is 2.64. The van der Waals surface area contributed by atoms with Gasteiger partial charge in [0.1, 0.15) is 0 Å². The molecule has 2 rings (SSSR count). The van der Waals surface area contributed by atoms with Crippen LogP contribution < -0.4 is 10.6 Å². The zero-order valence-electron chi connectivity index (χ0n) is 14.3. The largest absolute Gasteiger partial charge is 0.383 e. The van der Waals surface area contributed by atoms with Crippen molar-refractivity contribution in [3.05, 3.63) is 35.9 Å². The Hall–Kier alpha value is -1.92. The molecule has 2 N–H and O–H groups in total. The van der Waals surface area contributed by atoms with Gasteiger partial charge in [-0.25, -0.2) is 0 Å². The maximum Gasteiger partial charge on any atom is 0.251 e. The second kappa shape index (κ2) is 10.1. The van der Waals surface area contributed by atoms with Crippen LogP contribution >= 0.6 is 0 Å². The van der Waals surface area contributed by atoms with Crippen LogP contribution in [0.5, 0.6) is 0 Å². The first-order valence-corrected chi connectivity index (χ1v) is 8.51. The van der Waals surface area contributed by atoms with Gasteiger partial charge in [0.15, 0.2) is 0 Å². The van der Waals surface area contributed by atoms with Crippen molar-refractivity contribution in [3.63, 3.8) is 0 Å². The lowest BCUT2D eigenvalue weighted by Crippen LogP contribution is -2.46. The summed E-state index contributed by atoms with van der Waals surface area (Å²) in [6, 6.07) is 9.20. The average molecular weight is 333 g/mol. The monoisotopic (exact) mass is 333 g/mol. The number of rotatable bonds is 8. The van der Waals surface area contributed by atoms with Crippen molar-refractivity contribution < 1.29 is 14.3 Å². The molecule has 6 heteroatoms. The van der Waals surface area contributed by atoms with Crippen molar-refractivity contribution >= 4 is 11.8 Å². The van der Waals surface area contributed by atoms with E-state index >= 15 is 0 Å². The van der Waals surface area contributed by atoms with Gasteiger partial charge in [0.2, 0.25) is 5.91 Å². The predicted octanol–water partition coefficient (Wildman–Crippen LogP) is 0.891. The number of methoxy groups -OCH3 is 1. The topological polar surface area (TPSA) is 70.7 Å². The van der Waals surface area contributed by atoms with E-state index in [1.165, 1.54) is 0 Å². The van der Waals surface area contributed by atoms with E-state index in [9.17, 15) is 9.59 Å². The van der Waals surface area contributed by atoms with Gasteiger partial charge in [-0.05, 0) is 30.9 Å². The van der Waals surface area contributed by atoms with Crippen LogP contribution in [-0.2, 0) is 9.53 Å². The van der Waals surface area contributed by atoms with Crippen LogP contribution in [0.25, 0.3) is 0 Å². The van der Waals surface area contributed by atoms with E-state index in [2.05, 4.69) is 10.6 Å². The molecule has 0 spiro atoms. The van der Waals surface area contributed by atoms with Crippen molar-refractivity contribution in [1.82, 2.24) is 15.5 Å². The quantitative estimate of drug-likeness (QED) is 0.693. The number of hydrogen-bond donors (Lipinski definition) is 2. The Labute approximate surface area is 143 Å². The summed E-state index contributed by atoms with van der Waals surface area (Å²) in [5.74, 6) is 0.375. The van der Waals surface area contributed by atoms with Gasteiger partial charge in [-0.1, -0.05) is 18.2 Å². The Kier molecular flexibility index (Phi) is 7.71. The van der Waals surface area contributed by atoms with Crippen LogP contribution in [0.2, 0.25) is 0 Å². The number of ether oxygens (including phenoxy) is 1. The normalized spacial score (nSPS) is 17.5. The zero-order chi connectivity index (χ0) is 17.2. The maximum absolute atomic E-state index is 12.2. The molecule has 0 bridgehead atoms. The molecule has 2 amide bonds. The van der Waals surface area contributed by atoms with E-state index in [4.69, 9.17) is 4.74 Å². The van der Waals surface area contributed by atoms with Crippen LogP contribution in [-0.4, -0.2) is 63.2 Å². The minimum atomic E-state index is -0.0553. The highest BCUT2D eigenvalue weighted by Gasteiger charge is 2.23. The third kappa shape index (κ3) is 5.94. The first-order chi connectivity index (χ1) is 11.7. The molecule has 0 saturated carbocycles. The van der Waals surface area contributed by atoms with Gasteiger partial charge in [-0.3, -0.25) is 9.59 Å². The number of carbonyl (C=O) groups is 2. The first kappa shape index (κ1) is 18.4. The summed E-state index contributed by atoms with van der Waals surface area (Å²) in [4.78, 5) is 26.2. The van der Waals surface area contributed by atoms with E-state index in [0.29, 0.717) is 44.3 Å². The Morgan fingerprint density at radius 3 is 2.83 bits per heavy atom. The van der Waals surface area contributed by atoms with Crippen molar-refractivity contribution in [2.45, 2.75) is 12.8 Å². The van der Waals surface area contributed by atoms with Crippen LogP contribution in [0.15, 0.2) is 30.3 Å². The third-order valence-corrected chi connectivity index (χ3v) is 4.22. The number of benzene rings is 1. The van der Waals surface area contributed by atoms with Gasteiger partial charge in [0.25, 0.3) is 5.91 Å². The maximum atomic E-state index is 12.2. The Morgan fingerprint density at radius 2 is 2.08 bits per heavy atom. The summed E-state index contributed by atoms with van der Waals surface area (Å²) < 4.78 is 4.95.